The van der Waals surface area contributed by atoms with Gasteiger partial charge in [-0.2, -0.15) is 0 Å². The third-order valence-electron chi connectivity index (χ3n) is 4.14. The van der Waals surface area contributed by atoms with Crippen LogP contribution in [0.15, 0.2) is 35.7 Å². The number of aromatic nitrogens is 1. The van der Waals surface area contributed by atoms with E-state index >= 15 is 0 Å². The van der Waals surface area contributed by atoms with Gasteiger partial charge in [0.05, 0.1) is 13.1 Å². The van der Waals surface area contributed by atoms with Gasteiger partial charge in [0.1, 0.15) is 5.01 Å². The number of amides is 3. The second-order valence-corrected chi connectivity index (χ2v) is 7.16. The van der Waals surface area contributed by atoms with Crippen molar-refractivity contribution in [3.8, 4) is 0 Å². The molecule has 1 aromatic heterocycles. The average Bonchev–Trinajstić information content (AvgIpc) is 3.06. The van der Waals surface area contributed by atoms with Crippen molar-refractivity contribution in [2.45, 2.75) is 13.5 Å². The molecule has 0 aliphatic carbocycles. The Labute approximate surface area is 157 Å². The average molecular weight is 373 g/mol. The van der Waals surface area contributed by atoms with Crippen LogP contribution in [-0.2, 0) is 11.3 Å². The summed E-state index contributed by atoms with van der Waals surface area (Å²) in [6, 6.07) is 9.34. The van der Waals surface area contributed by atoms with E-state index in [0.717, 1.165) is 16.4 Å². The minimum atomic E-state index is -0.0776. The number of benzene rings is 1. The van der Waals surface area contributed by atoms with Crippen LogP contribution in [0.4, 0.5) is 10.5 Å². The van der Waals surface area contributed by atoms with Gasteiger partial charge in [-0.25, -0.2) is 9.78 Å². The second kappa shape index (κ2) is 8.77. The molecule has 0 atom stereocenters. The number of nitrogens with one attached hydrogen (secondary N) is 2. The van der Waals surface area contributed by atoms with Gasteiger partial charge in [-0.15, -0.1) is 11.3 Å². The molecule has 1 fully saturated rings. The molecular formula is C18H23N5O2S. The molecule has 1 aliphatic heterocycles. The number of hydrogen-bond acceptors (Lipinski definition) is 5. The molecule has 7 nitrogen and oxygen atoms in total. The van der Waals surface area contributed by atoms with Gasteiger partial charge in [0.15, 0.2) is 0 Å². The molecule has 2 N–H and O–H groups in total. The van der Waals surface area contributed by atoms with E-state index in [1.807, 2.05) is 42.6 Å². The first-order valence-electron chi connectivity index (χ1n) is 8.61. The predicted octanol–water partition coefficient (Wildman–Crippen LogP) is 1.92. The summed E-state index contributed by atoms with van der Waals surface area (Å²) in [6.45, 7) is 5.33. The van der Waals surface area contributed by atoms with Crippen molar-refractivity contribution in [3.05, 3.63) is 46.4 Å². The number of aryl methyl sites for hydroxylation is 1. The summed E-state index contributed by atoms with van der Waals surface area (Å²) in [5.74, 6) is -0.0340. The number of urea groups is 1. The van der Waals surface area contributed by atoms with Crippen LogP contribution in [0.5, 0.6) is 0 Å². The summed E-state index contributed by atoms with van der Waals surface area (Å²) in [7, 11) is 0. The number of para-hydroxylation sites is 1. The standard InChI is InChI=1S/C18H23N5O2S/c1-14-13-26-17(20-14)11-19-18(25)23-9-7-22(8-10-23)12-16(24)21-15-5-3-2-4-6-15/h2-6,13H,7-12H2,1H3,(H,19,25)(H,21,24). The lowest BCUT2D eigenvalue weighted by Crippen LogP contribution is -2.52. The fraction of sp³-hybridized carbons (Fsp3) is 0.389. The lowest BCUT2D eigenvalue weighted by molar-refractivity contribution is -0.117. The Hall–Kier alpha value is -2.45. The predicted molar refractivity (Wildman–Crippen MR) is 102 cm³/mol. The number of carbonyl (C=O) groups is 2. The molecule has 1 saturated heterocycles. The molecule has 8 heteroatoms. The molecule has 0 bridgehead atoms. The van der Waals surface area contributed by atoms with Crippen LogP contribution in [0.3, 0.4) is 0 Å². The molecule has 3 amide bonds. The molecule has 26 heavy (non-hydrogen) atoms. The summed E-state index contributed by atoms with van der Waals surface area (Å²) >= 11 is 1.55. The van der Waals surface area contributed by atoms with E-state index in [1.54, 1.807) is 16.2 Å². The van der Waals surface area contributed by atoms with Crippen LogP contribution in [-0.4, -0.2) is 59.4 Å². The van der Waals surface area contributed by atoms with Crippen molar-refractivity contribution in [3.63, 3.8) is 0 Å². The maximum absolute atomic E-state index is 12.2. The van der Waals surface area contributed by atoms with Crippen molar-refractivity contribution in [1.82, 2.24) is 20.1 Å². The van der Waals surface area contributed by atoms with E-state index in [1.165, 1.54) is 0 Å². The highest BCUT2D eigenvalue weighted by Gasteiger charge is 2.22. The summed E-state index contributed by atoms with van der Waals surface area (Å²) in [5, 5.41) is 8.67. The molecule has 0 radical (unpaired) electrons. The summed E-state index contributed by atoms with van der Waals surface area (Å²) in [6.07, 6.45) is 0. The molecule has 0 spiro atoms. The minimum Gasteiger partial charge on any atom is -0.331 e. The number of rotatable bonds is 5. The number of carbonyl (C=O) groups excluding carboxylic acids is 2. The van der Waals surface area contributed by atoms with Gasteiger partial charge in [-0.05, 0) is 19.1 Å². The van der Waals surface area contributed by atoms with E-state index in [0.29, 0.717) is 39.3 Å². The minimum absolute atomic E-state index is 0.0340. The van der Waals surface area contributed by atoms with Gasteiger partial charge >= 0.3 is 6.03 Å². The molecule has 0 unspecified atom stereocenters. The molecule has 1 aliphatic rings. The third-order valence-corrected chi connectivity index (χ3v) is 5.11. The lowest BCUT2D eigenvalue weighted by Gasteiger charge is -2.34. The zero-order valence-electron chi connectivity index (χ0n) is 14.8. The van der Waals surface area contributed by atoms with Gasteiger partial charge in [0, 0.05) is 42.9 Å². The number of hydrogen-bond donors (Lipinski definition) is 2. The highest BCUT2D eigenvalue weighted by molar-refractivity contribution is 7.09. The zero-order chi connectivity index (χ0) is 18.4. The van der Waals surface area contributed by atoms with Crippen LogP contribution in [0, 0.1) is 6.92 Å². The quantitative estimate of drug-likeness (QED) is 0.839. The summed E-state index contributed by atoms with van der Waals surface area (Å²) in [4.78, 5) is 32.5. The van der Waals surface area contributed by atoms with E-state index < -0.39 is 0 Å². The van der Waals surface area contributed by atoms with Gasteiger partial charge < -0.3 is 15.5 Å². The Morgan fingerprint density at radius 2 is 1.88 bits per heavy atom. The highest BCUT2D eigenvalue weighted by atomic mass is 32.1. The lowest BCUT2D eigenvalue weighted by atomic mass is 10.3. The van der Waals surface area contributed by atoms with E-state index in [4.69, 9.17) is 0 Å². The van der Waals surface area contributed by atoms with Gasteiger partial charge in [0.25, 0.3) is 0 Å². The highest BCUT2D eigenvalue weighted by Crippen LogP contribution is 2.09. The van der Waals surface area contributed by atoms with Crippen LogP contribution < -0.4 is 10.6 Å². The van der Waals surface area contributed by atoms with E-state index in [-0.39, 0.29) is 11.9 Å². The van der Waals surface area contributed by atoms with Gasteiger partial charge in [0.2, 0.25) is 5.91 Å². The summed E-state index contributed by atoms with van der Waals surface area (Å²) < 4.78 is 0. The molecule has 138 valence electrons. The zero-order valence-corrected chi connectivity index (χ0v) is 15.6. The normalized spacial score (nSPS) is 14.9. The topological polar surface area (TPSA) is 77.6 Å². The van der Waals surface area contributed by atoms with Crippen LogP contribution >= 0.6 is 11.3 Å². The SMILES string of the molecule is Cc1csc(CNC(=O)N2CCN(CC(=O)Nc3ccccc3)CC2)n1. The number of nitrogens with zero attached hydrogens (tertiary/aromatic N) is 3. The molecule has 1 aromatic carbocycles. The first-order valence-corrected chi connectivity index (χ1v) is 9.49. The van der Waals surface area contributed by atoms with Crippen molar-refractivity contribution >= 4 is 29.0 Å². The van der Waals surface area contributed by atoms with Crippen molar-refractivity contribution in [2.24, 2.45) is 0 Å². The van der Waals surface area contributed by atoms with Crippen LogP contribution in [0.2, 0.25) is 0 Å². The Morgan fingerprint density at radius 3 is 2.54 bits per heavy atom. The second-order valence-electron chi connectivity index (χ2n) is 6.22. The molecule has 3 rings (SSSR count). The molecule has 2 heterocycles. The monoisotopic (exact) mass is 373 g/mol. The largest absolute Gasteiger partial charge is 0.331 e. The Morgan fingerprint density at radius 1 is 1.15 bits per heavy atom. The van der Waals surface area contributed by atoms with Crippen LogP contribution in [0.1, 0.15) is 10.7 Å². The molecule has 0 saturated carbocycles. The fourth-order valence-electron chi connectivity index (χ4n) is 2.78. The van der Waals surface area contributed by atoms with Crippen molar-refractivity contribution in [2.75, 3.05) is 38.0 Å². The van der Waals surface area contributed by atoms with Gasteiger partial charge in [-0.3, -0.25) is 9.69 Å². The smallest absolute Gasteiger partial charge is 0.317 e. The maximum atomic E-state index is 12.2. The third kappa shape index (κ3) is 5.27. The Balaban J connectivity index is 1.38. The van der Waals surface area contributed by atoms with Crippen LogP contribution in [0.25, 0.3) is 0 Å². The Bertz CT molecular complexity index is 741. The summed E-state index contributed by atoms with van der Waals surface area (Å²) in [5.41, 5.74) is 1.77. The van der Waals surface area contributed by atoms with E-state index in [2.05, 4.69) is 20.5 Å². The number of piperazine rings is 1. The molecular weight excluding hydrogens is 350 g/mol. The van der Waals surface area contributed by atoms with Gasteiger partial charge in [-0.1, -0.05) is 18.2 Å². The first kappa shape index (κ1) is 18.3. The first-order chi connectivity index (χ1) is 12.6. The fourth-order valence-corrected chi connectivity index (χ4v) is 3.49. The Kier molecular flexibility index (Phi) is 6.19. The molecule has 2 aromatic rings. The van der Waals surface area contributed by atoms with Crippen molar-refractivity contribution < 1.29 is 9.59 Å². The number of anilines is 1. The maximum Gasteiger partial charge on any atom is 0.317 e. The van der Waals surface area contributed by atoms with Crippen molar-refractivity contribution in [1.29, 1.82) is 0 Å². The van der Waals surface area contributed by atoms with E-state index in [9.17, 15) is 9.59 Å². The number of thiazole rings is 1.